The number of nitrogens with zero attached hydrogens (tertiary/aromatic N) is 2. The Bertz CT molecular complexity index is 874. The Morgan fingerprint density at radius 1 is 1.25 bits per heavy atom. The monoisotopic (exact) mass is 387 g/mol. The van der Waals surface area contributed by atoms with Crippen molar-refractivity contribution in [2.75, 3.05) is 13.2 Å². The third-order valence-electron chi connectivity index (χ3n) is 4.29. The van der Waals surface area contributed by atoms with Crippen LogP contribution in [-0.4, -0.2) is 34.6 Å². The molecule has 0 aliphatic rings. The highest BCUT2D eigenvalue weighted by molar-refractivity contribution is 5.80. The van der Waals surface area contributed by atoms with Gasteiger partial charge in [-0.25, -0.2) is 4.98 Å². The lowest BCUT2D eigenvalue weighted by Crippen LogP contribution is -2.31. The number of esters is 1. The molecule has 0 unspecified atom stereocenters. The second-order valence-electron chi connectivity index (χ2n) is 7.22. The first kappa shape index (κ1) is 21.6. The van der Waals surface area contributed by atoms with Crippen LogP contribution in [0.15, 0.2) is 29.1 Å². The number of ether oxygens (including phenoxy) is 1. The molecule has 0 saturated carbocycles. The van der Waals surface area contributed by atoms with Gasteiger partial charge >= 0.3 is 5.97 Å². The molecule has 7 heteroatoms. The molecule has 1 N–H and O–H groups in total. The summed E-state index contributed by atoms with van der Waals surface area (Å²) in [6, 6.07) is 7.50. The van der Waals surface area contributed by atoms with E-state index in [2.05, 4.69) is 17.2 Å². The molecule has 28 heavy (non-hydrogen) atoms. The van der Waals surface area contributed by atoms with Gasteiger partial charge in [-0.05, 0) is 24.5 Å². The average molecular weight is 387 g/mol. The number of aryl methyl sites for hydroxylation is 2. The second kappa shape index (κ2) is 10.6. The summed E-state index contributed by atoms with van der Waals surface area (Å²) in [6.07, 6.45) is 2.05. The van der Waals surface area contributed by atoms with Gasteiger partial charge in [-0.15, -0.1) is 0 Å². The molecular weight excluding hydrogens is 358 g/mol. The van der Waals surface area contributed by atoms with Crippen LogP contribution in [0.4, 0.5) is 0 Å². The molecule has 0 aliphatic carbocycles. The van der Waals surface area contributed by atoms with Crippen molar-refractivity contribution in [3.8, 4) is 0 Å². The van der Waals surface area contributed by atoms with Crippen LogP contribution in [-0.2, 0) is 27.3 Å². The summed E-state index contributed by atoms with van der Waals surface area (Å²) in [5.74, 6) is -0.518. The first-order valence-corrected chi connectivity index (χ1v) is 9.83. The van der Waals surface area contributed by atoms with Crippen LogP contribution in [0.3, 0.4) is 0 Å². The predicted octanol–water partition coefficient (Wildman–Crippen LogP) is 2.44. The molecule has 1 aromatic carbocycles. The van der Waals surface area contributed by atoms with Crippen molar-refractivity contribution in [2.45, 2.75) is 53.0 Å². The van der Waals surface area contributed by atoms with Crippen LogP contribution < -0.4 is 10.9 Å². The molecule has 152 valence electrons. The van der Waals surface area contributed by atoms with Crippen molar-refractivity contribution in [2.24, 2.45) is 5.92 Å². The summed E-state index contributed by atoms with van der Waals surface area (Å²) < 4.78 is 6.72. The van der Waals surface area contributed by atoms with Crippen LogP contribution >= 0.6 is 0 Å². The quantitative estimate of drug-likeness (QED) is 0.633. The highest BCUT2D eigenvalue weighted by Gasteiger charge is 2.14. The van der Waals surface area contributed by atoms with Gasteiger partial charge in [0, 0.05) is 19.5 Å². The number of fused-ring (bicyclic) bond motifs is 1. The highest BCUT2D eigenvalue weighted by Crippen LogP contribution is 2.12. The van der Waals surface area contributed by atoms with E-state index in [0.29, 0.717) is 24.7 Å². The Morgan fingerprint density at radius 3 is 2.71 bits per heavy atom. The number of para-hydroxylation sites is 2. The van der Waals surface area contributed by atoms with Gasteiger partial charge in [0.1, 0.15) is 5.69 Å². The Labute approximate surface area is 165 Å². The number of rotatable bonds is 10. The average Bonchev–Trinajstić information content (AvgIpc) is 2.68. The highest BCUT2D eigenvalue weighted by atomic mass is 16.5. The lowest BCUT2D eigenvalue weighted by atomic mass is 10.2. The maximum Gasteiger partial charge on any atom is 0.306 e. The first-order chi connectivity index (χ1) is 13.4. The summed E-state index contributed by atoms with van der Waals surface area (Å²) >= 11 is 0. The Morgan fingerprint density at radius 2 is 2.00 bits per heavy atom. The molecule has 2 rings (SSSR count). The van der Waals surface area contributed by atoms with Crippen molar-refractivity contribution in [3.05, 3.63) is 40.3 Å². The number of carbonyl (C=O) groups excluding carboxylic acids is 2. The van der Waals surface area contributed by atoms with Crippen molar-refractivity contribution >= 4 is 22.9 Å². The SMILES string of the molecule is CCCCn1c(=O)c(CCC(=O)OCC(=O)NCC(C)C)nc2ccccc21. The molecule has 0 radical (unpaired) electrons. The van der Waals surface area contributed by atoms with Crippen LogP contribution in [0.25, 0.3) is 11.0 Å². The van der Waals surface area contributed by atoms with E-state index in [1.54, 1.807) is 4.57 Å². The zero-order valence-corrected chi connectivity index (χ0v) is 16.9. The topological polar surface area (TPSA) is 90.3 Å². The van der Waals surface area contributed by atoms with Crippen LogP contribution in [0, 0.1) is 5.92 Å². The minimum absolute atomic E-state index is 0.00577. The predicted molar refractivity (Wildman–Crippen MR) is 108 cm³/mol. The molecule has 1 amide bonds. The number of hydrogen-bond donors (Lipinski definition) is 1. The smallest absolute Gasteiger partial charge is 0.306 e. The van der Waals surface area contributed by atoms with E-state index in [9.17, 15) is 14.4 Å². The fraction of sp³-hybridized carbons (Fsp3) is 0.524. The second-order valence-corrected chi connectivity index (χ2v) is 7.22. The number of amides is 1. The fourth-order valence-corrected chi connectivity index (χ4v) is 2.75. The number of aromatic nitrogens is 2. The van der Waals surface area contributed by atoms with Crippen molar-refractivity contribution in [3.63, 3.8) is 0 Å². The summed E-state index contributed by atoms with van der Waals surface area (Å²) in [4.78, 5) is 40.8. The Balaban J connectivity index is 2.01. The van der Waals surface area contributed by atoms with E-state index in [1.807, 2.05) is 38.1 Å². The number of unbranched alkanes of at least 4 members (excludes halogenated alkanes) is 1. The minimum Gasteiger partial charge on any atom is -0.456 e. The standard InChI is InChI=1S/C21H29N3O4/c1-4-5-12-24-18-9-7-6-8-16(18)23-17(21(24)27)10-11-20(26)28-14-19(25)22-13-15(2)3/h6-9,15H,4-5,10-14H2,1-3H3,(H,22,25). The normalized spacial score (nSPS) is 11.0. The van der Waals surface area contributed by atoms with Gasteiger partial charge in [-0.2, -0.15) is 0 Å². The van der Waals surface area contributed by atoms with Gasteiger partial charge in [-0.3, -0.25) is 14.4 Å². The van der Waals surface area contributed by atoms with Crippen molar-refractivity contribution in [1.29, 1.82) is 0 Å². The maximum absolute atomic E-state index is 12.8. The van der Waals surface area contributed by atoms with E-state index in [1.165, 1.54) is 0 Å². The molecule has 0 fully saturated rings. The van der Waals surface area contributed by atoms with E-state index in [0.717, 1.165) is 23.9 Å². The first-order valence-electron chi connectivity index (χ1n) is 9.83. The summed E-state index contributed by atoms with van der Waals surface area (Å²) in [5.41, 5.74) is 1.70. The van der Waals surface area contributed by atoms with Crippen LogP contribution in [0.2, 0.25) is 0 Å². The molecule has 7 nitrogen and oxygen atoms in total. The minimum atomic E-state index is -0.519. The van der Waals surface area contributed by atoms with Crippen LogP contribution in [0.5, 0.6) is 0 Å². The zero-order valence-electron chi connectivity index (χ0n) is 16.9. The van der Waals surface area contributed by atoms with E-state index in [4.69, 9.17) is 4.74 Å². The largest absolute Gasteiger partial charge is 0.456 e. The van der Waals surface area contributed by atoms with Crippen molar-refractivity contribution < 1.29 is 14.3 Å². The van der Waals surface area contributed by atoms with Gasteiger partial charge in [-0.1, -0.05) is 39.3 Å². The summed E-state index contributed by atoms with van der Waals surface area (Å²) in [5, 5.41) is 2.69. The van der Waals surface area contributed by atoms with Gasteiger partial charge in [0.15, 0.2) is 6.61 Å². The lowest BCUT2D eigenvalue weighted by Gasteiger charge is -2.12. The van der Waals surface area contributed by atoms with Gasteiger partial charge in [0.2, 0.25) is 0 Å². The fourth-order valence-electron chi connectivity index (χ4n) is 2.75. The van der Waals surface area contributed by atoms with Gasteiger partial charge in [0.25, 0.3) is 11.5 Å². The third kappa shape index (κ3) is 6.18. The van der Waals surface area contributed by atoms with Gasteiger partial charge in [0.05, 0.1) is 17.5 Å². The molecule has 0 bridgehead atoms. The molecule has 0 saturated heterocycles. The Kier molecular flexibility index (Phi) is 8.17. The molecule has 0 atom stereocenters. The summed E-state index contributed by atoms with van der Waals surface area (Å²) in [6.45, 7) is 6.88. The number of benzene rings is 1. The lowest BCUT2D eigenvalue weighted by molar-refractivity contribution is -0.148. The molecule has 0 spiro atoms. The molecule has 1 heterocycles. The number of carbonyl (C=O) groups is 2. The molecular formula is C21H29N3O4. The van der Waals surface area contributed by atoms with E-state index < -0.39 is 5.97 Å². The van der Waals surface area contributed by atoms with Gasteiger partial charge < -0.3 is 14.6 Å². The van der Waals surface area contributed by atoms with E-state index >= 15 is 0 Å². The maximum atomic E-state index is 12.8. The molecule has 2 aromatic rings. The van der Waals surface area contributed by atoms with Crippen LogP contribution in [0.1, 0.15) is 45.7 Å². The zero-order chi connectivity index (χ0) is 20.5. The summed E-state index contributed by atoms with van der Waals surface area (Å²) in [7, 11) is 0. The number of nitrogens with one attached hydrogen (secondary N) is 1. The third-order valence-corrected chi connectivity index (χ3v) is 4.29. The number of hydrogen-bond acceptors (Lipinski definition) is 5. The van der Waals surface area contributed by atoms with Crippen molar-refractivity contribution in [1.82, 2.24) is 14.9 Å². The molecule has 1 aromatic heterocycles. The molecule has 0 aliphatic heterocycles. The van der Waals surface area contributed by atoms with E-state index in [-0.39, 0.29) is 30.9 Å². The Hall–Kier alpha value is -2.70.